The minimum atomic E-state index is -0.717. The first kappa shape index (κ1) is 15.1. The van der Waals surface area contributed by atoms with Crippen molar-refractivity contribution in [2.45, 2.75) is 45.8 Å². The summed E-state index contributed by atoms with van der Waals surface area (Å²) < 4.78 is 0. The van der Waals surface area contributed by atoms with Crippen LogP contribution in [0.3, 0.4) is 0 Å². The molecule has 0 bridgehead atoms. The first-order chi connectivity index (χ1) is 7.25. The van der Waals surface area contributed by atoms with E-state index in [2.05, 4.69) is 0 Å². The maximum Gasteiger partial charge on any atom is 0.229 e. The van der Waals surface area contributed by atoms with Gasteiger partial charge in [0.1, 0.15) is 0 Å². The van der Waals surface area contributed by atoms with E-state index >= 15 is 0 Å². The van der Waals surface area contributed by atoms with E-state index in [9.17, 15) is 4.79 Å². The second-order valence-corrected chi connectivity index (χ2v) is 4.88. The highest BCUT2D eigenvalue weighted by Crippen LogP contribution is 2.18. The van der Waals surface area contributed by atoms with E-state index in [0.29, 0.717) is 13.0 Å². The number of hydrogen-bond acceptors (Lipinski definition) is 4. The lowest BCUT2D eigenvalue weighted by molar-refractivity contribution is -0.140. The molecule has 0 radical (unpaired) electrons. The van der Waals surface area contributed by atoms with E-state index < -0.39 is 12.1 Å². The highest BCUT2D eigenvalue weighted by atomic mass is 16.2. The maximum atomic E-state index is 12.2. The zero-order valence-electron chi connectivity index (χ0n) is 10.7. The summed E-state index contributed by atoms with van der Waals surface area (Å²) in [7, 11) is 0. The Balaban J connectivity index is 4.89. The summed E-state index contributed by atoms with van der Waals surface area (Å²) in [6.45, 7) is 8.45. The van der Waals surface area contributed by atoms with Crippen LogP contribution in [0.5, 0.6) is 0 Å². The Bertz CT molecular complexity index is 245. The fraction of sp³-hybridized carbons (Fsp3) is 0.818. The van der Waals surface area contributed by atoms with Gasteiger partial charge in [-0.15, -0.1) is 0 Å². The second-order valence-electron chi connectivity index (χ2n) is 4.88. The standard InChI is InChI=1S/C11H24N4O/c1-5-15(11(2,3)4)10(16)8(6-7-12)9(13)14/h7-9,12H,5-6,13-14H2,1-4H3. The molecule has 0 aliphatic carbocycles. The first-order valence-electron chi connectivity index (χ1n) is 5.57. The molecule has 94 valence electrons. The molecular formula is C11H24N4O. The van der Waals surface area contributed by atoms with Crippen molar-refractivity contribution >= 4 is 12.1 Å². The fourth-order valence-corrected chi connectivity index (χ4v) is 1.71. The summed E-state index contributed by atoms with van der Waals surface area (Å²) in [4.78, 5) is 14.0. The van der Waals surface area contributed by atoms with E-state index in [0.717, 1.165) is 0 Å². The van der Waals surface area contributed by atoms with Gasteiger partial charge >= 0.3 is 0 Å². The van der Waals surface area contributed by atoms with Gasteiger partial charge in [-0.25, -0.2) is 0 Å². The number of nitrogens with zero attached hydrogens (tertiary/aromatic N) is 1. The molecule has 0 aliphatic rings. The number of carbonyl (C=O) groups is 1. The number of amides is 1. The molecule has 1 atom stereocenters. The van der Waals surface area contributed by atoms with E-state index in [1.165, 1.54) is 6.21 Å². The third-order valence-electron chi connectivity index (χ3n) is 2.55. The number of nitrogens with one attached hydrogen (secondary N) is 1. The minimum absolute atomic E-state index is 0.0755. The maximum absolute atomic E-state index is 12.2. The van der Waals surface area contributed by atoms with Crippen LogP contribution < -0.4 is 11.5 Å². The second kappa shape index (κ2) is 5.96. The molecule has 1 amide bonds. The number of nitrogens with two attached hydrogens (primary N) is 2. The van der Waals surface area contributed by atoms with E-state index in [-0.39, 0.29) is 11.4 Å². The van der Waals surface area contributed by atoms with Crippen molar-refractivity contribution in [2.24, 2.45) is 17.4 Å². The van der Waals surface area contributed by atoms with Gasteiger partial charge in [0.25, 0.3) is 0 Å². The summed E-state index contributed by atoms with van der Waals surface area (Å²) in [5.74, 6) is -0.579. The molecule has 16 heavy (non-hydrogen) atoms. The molecule has 5 N–H and O–H groups in total. The van der Waals surface area contributed by atoms with Gasteiger partial charge in [-0.3, -0.25) is 4.79 Å². The highest BCUT2D eigenvalue weighted by molar-refractivity contribution is 5.82. The van der Waals surface area contributed by atoms with Crippen LogP contribution in [0.1, 0.15) is 34.1 Å². The Morgan fingerprint density at radius 3 is 2.19 bits per heavy atom. The number of hydrogen-bond donors (Lipinski definition) is 3. The van der Waals surface area contributed by atoms with E-state index in [4.69, 9.17) is 16.9 Å². The monoisotopic (exact) mass is 228 g/mol. The summed E-state index contributed by atoms with van der Waals surface area (Å²) in [6.07, 6.45) is 0.764. The van der Waals surface area contributed by atoms with Gasteiger partial charge in [0.15, 0.2) is 0 Å². The molecule has 0 saturated heterocycles. The van der Waals surface area contributed by atoms with E-state index in [1.54, 1.807) is 4.90 Å². The van der Waals surface area contributed by atoms with Crippen LogP contribution in [-0.4, -0.2) is 35.3 Å². The van der Waals surface area contributed by atoms with Crippen molar-refractivity contribution in [1.29, 1.82) is 5.41 Å². The molecule has 0 fully saturated rings. The van der Waals surface area contributed by atoms with Crippen LogP contribution in [0.15, 0.2) is 0 Å². The smallest absolute Gasteiger partial charge is 0.229 e. The predicted octanol–water partition coefficient (Wildman–Crippen LogP) is 0.533. The average molecular weight is 228 g/mol. The third-order valence-corrected chi connectivity index (χ3v) is 2.55. The molecule has 0 aromatic heterocycles. The number of rotatable bonds is 5. The predicted molar refractivity (Wildman–Crippen MR) is 66.2 cm³/mol. The quantitative estimate of drug-likeness (QED) is 0.473. The molecule has 5 nitrogen and oxygen atoms in total. The Morgan fingerprint density at radius 1 is 1.44 bits per heavy atom. The SMILES string of the molecule is CCN(C(=O)C(CC=N)C(N)N)C(C)(C)C. The summed E-state index contributed by atoms with van der Waals surface area (Å²) in [6, 6.07) is 0. The van der Waals surface area contributed by atoms with Gasteiger partial charge in [-0.1, -0.05) is 0 Å². The van der Waals surface area contributed by atoms with Gasteiger partial charge in [0.2, 0.25) is 5.91 Å². The van der Waals surface area contributed by atoms with Gasteiger partial charge < -0.3 is 21.8 Å². The van der Waals surface area contributed by atoms with Gasteiger partial charge in [-0.05, 0) is 40.3 Å². The van der Waals surface area contributed by atoms with Crippen molar-refractivity contribution in [3.05, 3.63) is 0 Å². The minimum Gasteiger partial charge on any atom is -0.338 e. The third kappa shape index (κ3) is 3.90. The highest BCUT2D eigenvalue weighted by Gasteiger charge is 2.32. The zero-order chi connectivity index (χ0) is 12.9. The van der Waals surface area contributed by atoms with Gasteiger partial charge in [0, 0.05) is 12.1 Å². The molecule has 5 heteroatoms. The van der Waals surface area contributed by atoms with Crippen LogP contribution in [0.4, 0.5) is 0 Å². The zero-order valence-corrected chi connectivity index (χ0v) is 10.7. The largest absolute Gasteiger partial charge is 0.338 e. The lowest BCUT2D eigenvalue weighted by Crippen LogP contribution is -2.53. The van der Waals surface area contributed by atoms with Crippen molar-refractivity contribution in [2.75, 3.05) is 6.54 Å². The van der Waals surface area contributed by atoms with Gasteiger partial charge in [-0.2, -0.15) is 0 Å². The Hall–Kier alpha value is -0.940. The van der Waals surface area contributed by atoms with Gasteiger partial charge in [0.05, 0.1) is 12.1 Å². The van der Waals surface area contributed by atoms with Crippen molar-refractivity contribution < 1.29 is 4.79 Å². The average Bonchev–Trinajstić information content (AvgIpc) is 2.11. The normalized spacial score (nSPS) is 13.7. The lowest BCUT2D eigenvalue weighted by Gasteiger charge is -2.37. The molecule has 0 aliphatic heterocycles. The van der Waals surface area contributed by atoms with Crippen LogP contribution in [0.2, 0.25) is 0 Å². The molecule has 0 saturated carbocycles. The molecular weight excluding hydrogens is 204 g/mol. The molecule has 0 rings (SSSR count). The summed E-state index contributed by atoms with van der Waals surface area (Å²) in [5.41, 5.74) is 10.9. The van der Waals surface area contributed by atoms with Crippen LogP contribution in [0, 0.1) is 11.3 Å². The Morgan fingerprint density at radius 2 is 1.94 bits per heavy atom. The lowest BCUT2D eigenvalue weighted by atomic mass is 9.97. The summed E-state index contributed by atoms with van der Waals surface area (Å²) in [5, 5.41) is 7.07. The van der Waals surface area contributed by atoms with Crippen LogP contribution in [-0.2, 0) is 4.79 Å². The first-order valence-corrected chi connectivity index (χ1v) is 5.57. The van der Waals surface area contributed by atoms with E-state index in [1.807, 2.05) is 27.7 Å². The Labute approximate surface area is 97.7 Å². The molecule has 0 aromatic carbocycles. The van der Waals surface area contributed by atoms with Crippen molar-refractivity contribution in [3.8, 4) is 0 Å². The van der Waals surface area contributed by atoms with Crippen LogP contribution in [0.25, 0.3) is 0 Å². The molecule has 0 spiro atoms. The summed E-state index contributed by atoms with van der Waals surface area (Å²) >= 11 is 0. The fourth-order valence-electron chi connectivity index (χ4n) is 1.71. The van der Waals surface area contributed by atoms with Crippen molar-refractivity contribution in [1.82, 2.24) is 4.90 Å². The molecule has 0 heterocycles. The Kier molecular flexibility index (Phi) is 5.61. The molecule has 0 aromatic rings. The van der Waals surface area contributed by atoms with Crippen LogP contribution >= 0.6 is 0 Å². The molecule has 1 unspecified atom stereocenters. The number of carbonyl (C=O) groups excluding carboxylic acids is 1. The van der Waals surface area contributed by atoms with Crippen molar-refractivity contribution in [3.63, 3.8) is 0 Å². The topological polar surface area (TPSA) is 96.2 Å².